The minimum atomic E-state index is -1.69. The van der Waals surface area contributed by atoms with Gasteiger partial charge in [0.25, 0.3) is 0 Å². The van der Waals surface area contributed by atoms with E-state index in [1.165, 1.54) is 0 Å². The van der Waals surface area contributed by atoms with Gasteiger partial charge < -0.3 is 71.6 Å². The predicted octanol–water partition coefficient (Wildman–Crippen LogP) is -6.40. The van der Waals surface area contributed by atoms with Crippen LogP contribution in [0.2, 0.25) is 0 Å². The maximum absolute atomic E-state index is 12.9. The summed E-state index contributed by atoms with van der Waals surface area (Å²) in [6.45, 7) is -0.283. The first-order chi connectivity index (χ1) is 21.5. The van der Waals surface area contributed by atoms with Gasteiger partial charge in [-0.2, -0.15) is 0 Å². The topological polar surface area (TPSA) is 410 Å². The molecule has 0 unspecified atom stereocenters. The Labute approximate surface area is 264 Å². The Morgan fingerprint density at radius 3 is 1.50 bits per heavy atom. The van der Waals surface area contributed by atoms with Crippen LogP contribution in [-0.4, -0.2) is 114 Å². The molecule has 0 saturated heterocycles. The Hall–Kier alpha value is -5.41. The molecule has 0 bridgehead atoms. The van der Waals surface area contributed by atoms with Crippen molar-refractivity contribution in [1.82, 2.24) is 21.3 Å². The van der Waals surface area contributed by atoms with E-state index in [1.54, 1.807) is 0 Å². The summed E-state index contributed by atoms with van der Waals surface area (Å²) < 4.78 is 0. The molecule has 20 N–H and O–H groups in total. The molecule has 0 heterocycles. The summed E-state index contributed by atoms with van der Waals surface area (Å²) in [4.78, 5) is 85.1. The summed E-state index contributed by atoms with van der Waals surface area (Å²) in [6.07, 6.45) is 0.0435. The summed E-state index contributed by atoms with van der Waals surface area (Å²) in [5.41, 5.74) is 37.5. The first-order valence-electron chi connectivity index (χ1n) is 14.1. The average molecular weight is 659 g/mol. The zero-order valence-corrected chi connectivity index (χ0v) is 25.3. The molecule has 0 aromatic carbocycles. The molecule has 22 heteroatoms. The number of amides is 4. The number of carbonyl (C=O) groups is 6. The number of carboxylic acid groups (broad SMARTS) is 2. The van der Waals surface area contributed by atoms with Gasteiger partial charge >= 0.3 is 11.9 Å². The van der Waals surface area contributed by atoms with Crippen LogP contribution in [0.4, 0.5) is 0 Å². The molecule has 22 nitrogen and oxygen atoms in total. The van der Waals surface area contributed by atoms with Gasteiger partial charge in [-0.3, -0.25) is 38.9 Å². The molecule has 4 amide bonds. The first kappa shape index (κ1) is 40.6. The fourth-order valence-electron chi connectivity index (χ4n) is 3.65. The lowest BCUT2D eigenvalue weighted by atomic mass is 10.1. The third kappa shape index (κ3) is 19.7. The minimum absolute atomic E-state index is 0.0422. The number of carbonyl (C=O) groups excluding carboxylic acids is 4. The number of nitrogens with zero attached hydrogens (tertiary/aromatic N) is 3. The van der Waals surface area contributed by atoms with Gasteiger partial charge in [-0.15, -0.1) is 0 Å². The smallest absolute Gasteiger partial charge is 0.326 e. The quantitative estimate of drug-likeness (QED) is 0.0276. The molecule has 46 heavy (non-hydrogen) atoms. The normalized spacial score (nSPS) is 13.0. The number of rotatable bonds is 23. The van der Waals surface area contributed by atoms with Crippen LogP contribution in [0.25, 0.3) is 0 Å². The van der Waals surface area contributed by atoms with Crippen LogP contribution in [-0.2, 0) is 28.8 Å². The Morgan fingerprint density at radius 2 is 1.04 bits per heavy atom. The lowest BCUT2D eigenvalue weighted by Gasteiger charge is -2.22. The Bertz CT molecular complexity index is 1130. The van der Waals surface area contributed by atoms with Gasteiger partial charge in [0, 0.05) is 19.6 Å². The van der Waals surface area contributed by atoms with E-state index in [9.17, 15) is 39.0 Å². The zero-order valence-electron chi connectivity index (χ0n) is 25.3. The monoisotopic (exact) mass is 658 g/mol. The van der Waals surface area contributed by atoms with Gasteiger partial charge in [0.05, 0.1) is 19.0 Å². The van der Waals surface area contributed by atoms with E-state index in [0.29, 0.717) is 6.42 Å². The molecule has 0 aliphatic carbocycles. The molecule has 0 fully saturated rings. The molecule has 4 atom stereocenters. The summed E-state index contributed by atoms with van der Waals surface area (Å²) in [7, 11) is 0. The maximum atomic E-state index is 12.9. The number of nitrogens with one attached hydrogen (secondary N) is 4. The van der Waals surface area contributed by atoms with Crippen LogP contribution in [0.3, 0.4) is 0 Å². The van der Waals surface area contributed by atoms with Crippen molar-refractivity contribution in [2.24, 2.45) is 55.1 Å². The highest BCUT2D eigenvalue weighted by atomic mass is 16.4. The fraction of sp³-hybridized carbons (Fsp3) is 0.625. The molecule has 0 aromatic rings. The third-order valence-corrected chi connectivity index (χ3v) is 5.90. The molecule has 0 radical (unpaired) electrons. The molecular formula is C24H46N14O8. The standard InChI is InChI=1S/C24H46N14O8/c25-12(4-1-7-32-22(26)27)18(42)37-13(5-2-8-33-23(28)29)19(43)35-11-16(39)36-15(10-17(40)41)20(44)38-14(21(45)46)6-3-9-34-24(30)31/h12-15H,1-11,25H2,(H,35,43)(H,36,39)(H,37,42)(H,38,44)(H,40,41)(H,45,46)(H4,26,27,32)(H4,28,29,33)(H4,30,31,34)/t12-,13-,14-,15-/m0/s1. The number of aliphatic carboxylic acids is 2. The van der Waals surface area contributed by atoms with Gasteiger partial charge in [-0.25, -0.2) is 4.79 Å². The molecule has 0 spiro atoms. The summed E-state index contributed by atoms with van der Waals surface area (Å²) in [5, 5.41) is 27.8. The molecule has 0 aliphatic rings. The highest BCUT2D eigenvalue weighted by Gasteiger charge is 2.29. The number of aliphatic imine (C=N–C) groups is 3. The summed E-state index contributed by atoms with van der Waals surface area (Å²) in [6, 6.07) is -5.31. The molecule has 0 saturated carbocycles. The van der Waals surface area contributed by atoms with Crippen molar-refractivity contribution in [2.45, 2.75) is 69.1 Å². The minimum Gasteiger partial charge on any atom is -0.481 e. The number of carboxylic acids is 2. The second-order valence-corrected chi connectivity index (χ2v) is 9.85. The van der Waals surface area contributed by atoms with Crippen LogP contribution in [0, 0.1) is 0 Å². The van der Waals surface area contributed by atoms with Crippen LogP contribution in [0.5, 0.6) is 0 Å². The van der Waals surface area contributed by atoms with E-state index < -0.39 is 72.7 Å². The second-order valence-electron chi connectivity index (χ2n) is 9.85. The van der Waals surface area contributed by atoms with Crippen molar-refractivity contribution in [1.29, 1.82) is 0 Å². The Balaban J connectivity index is 5.37. The van der Waals surface area contributed by atoms with Gasteiger partial charge in [-0.1, -0.05) is 0 Å². The highest BCUT2D eigenvalue weighted by Crippen LogP contribution is 2.04. The molecule has 0 aromatic heterocycles. The van der Waals surface area contributed by atoms with Gasteiger partial charge in [-0.05, 0) is 38.5 Å². The number of hydrogen-bond acceptors (Lipinski definition) is 10. The van der Waals surface area contributed by atoms with Crippen molar-refractivity contribution in [2.75, 3.05) is 26.2 Å². The van der Waals surface area contributed by atoms with Crippen molar-refractivity contribution in [3.05, 3.63) is 0 Å². The maximum Gasteiger partial charge on any atom is 0.326 e. The largest absolute Gasteiger partial charge is 0.481 e. The molecular weight excluding hydrogens is 612 g/mol. The van der Waals surface area contributed by atoms with Crippen LogP contribution >= 0.6 is 0 Å². The third-order valence-electron chi connectivity index (χ3n) is 5.90. The van der Waals surface area contributed by atoms with E-state index in [-0.39, 0.29) is 69.6 Å². The number of hydrogen-bond donors (Lipinski definition) is 13. The molecule has 0 rings (SSSR count). The van der Waals surface area contributed by atoms with Gasteiger partial charge in [0.2, 0.25) is 23.6 Å². The van der Waals surface area contributed by atoms with E-state index in [1.807, 2.05) is 0 Å². The predicted molar refractivity (Wildman–Crippen MR) is 166 cm³/mol. The number of nitrogens with two attached hydrogens (primary N) is 7. The van der Waals surface area contributed by atoms with Crippen molar-refractivity contribution >= 4 is 53.4 Å². The van der Waals surface area contributed by atoms with E-state index >= 15 is 0 Å². The van der Waals surface area contributed by atoms with Gasteiger partial charge in [0.1, 0.15) is 18.1 Å². The highest BCUT2D eigenvalue weighted by molar-refractivity contribution is 5.95. The van der Waals surface area contributed by atoms with Crippen molar-refractivity contribution in [3.8, 4) is 0 Å². The second kappa shape index (κ2) is 22.2. The molecule has 0 aliphatic heterocycles. The zero-order chi connectivity index (χ0) is 35.2. The first-order valence-corrected chi connectivity index (χ1v) is 14.1. The van der Waals surface area contributed by atoms with Crippen LogP contribution in [0.1, 0.15) is 44.9 Å². The van der Waals surface area contributed by atoms with E-state index in [2.05, 4.69) is 36.2 Å². The SMILES string of the molecule is NC(N)=NCCC[C@H](NC(=O)[C@H](CC(=O)O)NC(=O)CNC(=O)[C@H](CCCN=C(N)N)NC(=O)[C@@H](N)CCCN=C(N)N)C(=O)O. The number of guanidine groups is 3. The lowest BCUT2D eigenvalue weighted by molar-refractivity contribution is -0.143. The Morgan fingerprint density at radius 1 is 0.587 bits per heavy atom. The van der Waals surface area contributed by atoms with Crippen LogP contribution < -0.4 is 61.4 Å². The lowest BCUT2D eigenvalue weighted by Crippen LogP contribution is -2.55. The van der Waals surface area contributed by atoms with Crippen molar-refractivity contribution < 1.29 is 39.0 Å². The van der Waals surface area contributed by atoms with Crippen molar-refractivity contribution in [3.63, 3.8) is 0 Å². The summed E-state index contributed by atoms with van der Waals surface area (Å²) in [5.74, 6) is -6.90. The summed E-state index contributed by atoms with van der Waals surface area (Å²) >= 11 is 0. The average Bonchev–Trinajstić information content (AvgIpc) is 2.95. The van der Waals surface area contributed by atoms with Crippen LogP contribution in [0.15, 0.2) is 15.0 Å². The van der Waals surface area contributed by atoms with E-state index in [4.69, 9.17) is 40.1 Å². The van der Waals surface area contributed by atoms with Gasteiger partial charge in [0.15, 0.2) is 17.9 Å². The fourth-order valence-corrected chi connectivity index (χ4v) is 3.65. The molecule has 260 valence electrons. The van der Waals surface area contributed by atoms with E-state index in [0.717, 1.165) is 0 Å². The Kier molecular flexibility index (Phi) is 19.5.